The lowest BCUT2D eigenvalue weighted by Gasteiger charge is -2.11. The average Bonchev–Trinajstić information content (AvgIpc) is 2.01. The van der Waals surface area contributed by atoms with Crippen LogP contribution in [0.2, 0.25) is 5.02 Å². The zero-order chi connectivity index (χ0) is 10.7. The molecular formula is C9H10ClNO3. The zero-order valence-electron chi connectivity index (χ0n) is 7.27. The van der Waals surface area contributed by atoms with Crippen LogP contribution >= 0.6 is 11.6 Å². The van der Waals surface area contributed by atoms with E-state index in [0.717, 1.165) is 0 Å². The summed E-state index contributed by atoms with van der Waals surface area (Å²) in [5.41, 5.74) is 6.12. The first kappa shape index (κ1) is 10.8. The maximum absolute atomic E-state index is 10.4. The van der Waals surface area contributed by atoms with E-state index in [0.29, 0.717) is 5.56 Å². The minimum Gasteiger partial charge on any atom is -0.508 e. The van der Waals surface area contributed by atoms with Gasteiger partial charge in [0.1, 0.15) is 5.75 Å². The van der Waals surface area contributed by atoms with Crippen LogP contribution in [0.4, 0.5) is 0 Å². The van der Waals surface area contributed by atoms with E-state index < -0.39 is 12.0 Å². The molecule has 0 saturated carbocycles. The van der Waals surface area contributed by atoms with Crippen molar-refractivity contribution in [3.63, 3.8) is 0 Å². The monoisotopic (exact) mass is 215 g/mol. The van der Waals surface area contributed by atoms with Crippen LogP contribution in [0.5, 0.6) is 5.75 Å². The number of halogens is 1. The van der Waals surface area contributed by atoms with Crippen LogP contribution in [0.1, 0.15) is 18.0 Å². The van der Waals surface area contributed by atoms with E-state index in [9.17, 15) is 4.79 Å². The number of aromatic hydroxyl groups is 1. The number of phenolic OH excluding ortho intramolecular Hbond substituents is 1. The smallest absolute Gasteiger partial charge is 0.305 e. The molecule has 1 aromatic carbocycles. The van der Waals surface area contributed by atoms with Crippen LogP contribution in [0.25, 0.3) is 0 Å². The highest BCUT2D eigenvalue weighted by molar-refractivity contribution is 6.31. The van der Waals surface area contributed by atoms with Crippen molar-refractivity contribution >= 4 is 17.6 Å². The van der Waals surface area contributed by atoms with Gasteiger partial charge in [-0.1, -0.05) is 17.7 Å². The topological polar surface area (TPSA) is 83.6 Å². The lowest BCUT2D eigenvalue weighted by molar-refractivity contribution is -0.137. The van der Waals surface area contributed by atoms with Gasteiger partial charge in [-0.25, -0.2) is 0 Å². The predicted octanol–water partition coefficient (Wildman–Crippen LogP) is 1.52. The third-order valence-corrected chi connectivity index (χ3v) is 2.11. The van der Waals surface area contributed by atoms with Crippen LogP contribution in [-0.2, 0) is 4.79 Å². The van der Waals surface area contributed by atoms with E-state index in [4.69, 9.17) is 27.5 Å². The number of carboxylic acid groups (broad SMARTS) is 1. The Hall–Kier alpha value is -1.26. The van der Waals surface area contributed by atoms with E-state index in [1.807, 2.05) is 0 Å². The van der Waals surface area contributed by atoms with Crippen molar-refractivity contribution in [1.29, 1.82) is 0 Å². The Kier molecular flexibility index (Phi) is 3.33. The highest BCUT2D eigenvalue weighted by Crippen LogP contribution is 2.26. The van der Waals surface area contributed by atoms with Crippen molar-refractivity contribution in [3.8, 4) is 5.75 Å². The summed E-state index contributed by atoms with van der Waals surface area (Å²) >= 11 is 5.77. The van der Waals surface area contributed by atoms with Gasteiger partial charge in [0.25, 0.3) is 0 Å². The third-order valence-electron chi connectivity index (χ3n) is 1.78. The normalized spacial score (nSPS) is 12.4. The van der Waals surface area contributed by atoms with Crippen molar-refractivity contribution in [3.05, 3.63) is 28.8 Å². The molecule has 0 aliphatic rings. The quantitative estimate of drug-likeness (QED) is 0.714. The van der Waals surface area contributed by atoms with Gasteiger partial charge in [-0.15, -0.1) is 0 Å². The number of hydrogen-bond donors (Lipinski definition) is 3. The molecule has 0 aliphatic heterocycles. The second-order valence-electron chi connectivity index (χ2n) is 2.91. The molecule has 5 heteroatoms. The molecule has 0 aromatic heterocycles. The van der Waals surface area contributed by atoms with Gasteiger partial charge in [0.15, 0.2) is 0 Å². The highest BCUT2D eigenvalue weighted by atomic mass is 35.5. The summed E-state index contributed by atoms with van der Waals surface area (Å²) in [4.78, 5) is 10.4. The predicted molar refractivity (Wildman–Crippen MR) is 52.3 cm³/mol. The van der Waals surface area contributed by atoms with Gasteiger partial charge in [0.2, 0.25) is 0 Å². The summed E-state index contributed by atoms with van der Waals surface area (Å²) in [7, 11) is 0. The number of carbonyl (C=O) groups is 1. The molecule has 0 bridgehead atoms. The van der Waals surface area contributed by atoms with Crippen molar-refractivity contribution in [2.45, 2.75) is 12.5 Å². The number of rotatable bonds is 3. The number of benzene rings is 1. The van der Waals surface area contributed by atoms with Crippen LogP contribution in [0.15, 0.2) is 18.2 Å². The molecule has 1 atom stereocenters. The number of nitrogens with two attached hydrogens (primary N) is 1. The summed E-state index contributed by atoms with van der Waals surface area (Å²) in [6, 6.07) is 3.62. The molecule has 0 aliphatic carbocycles. The Balaban J connectivity index is 2.90. The van der Waals surface area contributed by atoms with Gasteiger partial charge in [-0.2, -0.15) is 0 Å². The minimum atomic E-state index is -0.985. The summed E-state index contributed by atoms with van der Waals surface area (Å²) < 4.78 is 0. The molecule has 14 heavy (non-hydrogen) atoms. The fourth-order valence-electron chi connectivity index (χ4n) is 1.11. The molecule has 0 spiro atoms. The van der Waals surface area contributed by atoms with Crippen molar-refractivity contribution in [1.82, 2.24) is 0 Å². The summed E-state index contributed by atoms with van der Waals surface area (Å²) in [5.74, 6) is -0.956. The van der Waals surface area contributed by atoms with E-state index in [1.165, 1.54) is 18.2 Å². The fraction of sp³-hybridized carbons (Fsp3) is 0.222. The molecule has 0 heterocycles. The third kappa shape index (κ3) is 2.61. The zero-order valence-corrected chi connectivity index (χ0v) is 8.03. The minimum absolute atomic E-state index is 0.0290. The molecule has 0 amide bonds. The lowest BCUT2D eigenvalue weighted by Crippen LogP contribution is -2.15. The summed E-state index contributed by atoms with van der Waals surface area (Å²) in [6.45, 7) is 0. The largest absolute Gasteiger partial charge is 0.508 e. The van der Waals surface area contributed by atoms with Crippen LogP contribution < -0.4 is 5.73 Å². The number of carboxylic acids is 1. The highest BCUT2D eigenvalue weighted by Gasteiger charge is 2.13. The first-order valence-electron chi connectivity index (χ1n) is 3.96. The SMILES string of the molecule is NC(CC(=O)O)c1ccc(O)cc1Cl. The van der Waals surface area contributed by atoms with Crippen LogP contribution in [0, 0.1) is 0 Å². The van der Waals surface area contributed by atoms with Gasteiger partial charge in [-0.3, -0.25) is 4.79 Å². The van der Waals surface area contributed by atoms with Gasteiger partial charge >= 0.3 is 5.97 Å². The average molecular weight is 216 g/mol. The number of aliphatic carboxylic acids is 1. The second kappa shape index (κ2) is 4.30. The van der Waals surface area contributed by atoms with Crippen LogP contribution in [-0.4, -0.2) is 16.2 Å². The Labute approximate surface area is 85.9 Å². The summed E-state index contributed by atoms with van der Waals surface area (Å²) in [6.07, 6.45) is -0.190. The summed E-state index contributed by atoms with van der Waals surface area (Å²) in [5, 5.41) is 17.9. The lowest BCUT2D eigenvalue weighted by atomic mass is 10.0. The Bertz CT molecular complexity index is 354. The molecule has 0 fully saturated rings. The maximum atomic E-state index is 10.4. The van der Waals surface area contributed by atoms with Crippen molar-refractivity contribution in [2.24, 2.45) is 5.73 Å². The van der Waals surface area contributed by atoms with E-state index in [-0.39, 0.29) is 17.2 Å². The first-order chi connectivity index (χ1) is 6.50. The van der Waals surface area contributed by atoms with Crippen LogP contribution in [0.3, 0.4) is 0 Å². The molecule has 4 N–H and O–H groups in total. The fourth-order valence-corrected chi connectivity index (χ4v) is 1.43. The van der Waals surface area contributed by atoms with Gasteiger partial charge in [0.05, 0.1) is 6.42 Å². The van der Waals surface area contributed by atoms with E-state index >= 15 is 0 Å². The number of phenols is 1. The van der Waals surface area contributed by atoms with E-state index in [2.05, 4.69) is 0 Å². The maximum Gasteiger partial charge on any atom is 0.305 e. The first-order valence-corrected chi connectivity index (χ1v) is 4.34. The molecule has 1 unspecified atom stereocenters. The molecule has 0 saturated heterocycles. The molecule has 76 valence electrons. The van der Waals surface area contributed by atoms with E-state index in [1.54, 1.807) is 0 Å². The van der Waals surface area contributed by atoms with Crippen molar-refractivity contribution < 1.29 is 15.0 Å². The molecule has 1 aromatic rings. The van der Waals surface area contributed by atoms with Gasteiger partial charge < -0.3 is 15.9 Å². The second-order valence-corrected chi connectivity index (χ2v) is 3.32. The van der Waals surface area contributed by atoms with Crippen molar-refractivity contribution in [2.75, 3.05) is 0 Å². The number of hydrogen-bond acceptors (Lipinski definition) is 3. The molecule has 0 radical (unpaired) electrons. The standard InChI is InChI=1S/C9H10ClNO3/c10-7-3-5(12)1-2-6(7)8(11)4-9(13)14/h1-3,8,12H,4,11H2,(H,13,14). The van der Waals surface area contributed by atoms with Gasteiger partial charge in [0, 0.05) is 11.1 Å². The Morgan fingerprint density at radius 3 is 2.71 bits per heavy atom. The molecule has 4 nitrogen and oxygen atoms in total. The Morgan fingerprint density at radius 1 is 1.57 bits per heavy atom. The molecule has 1 rings (SSSR count). The van der Waals surface area contributed by atoms with Gasteiger partial charge in [-0.05, 0) is 17.7 Å². The molecular weight excluding hydrogens is 206 g/mol. The Morgan fingerprint density at radius 2 is 2.21 bits per heavy atom.